The van der Waals surface area contributed by atoms with Gasteiger partial charge in [-0.2, -0.15) is 0 Å². The predicted octanol–water partition coefficient (Wildman–Crippen LogP) is 14.6. The van der Waals surface area contributed by atoms with Crippen molar-refractivity contribution in [2.24, 2.45) is 0 Å². The van der Waals surface area contributed by atoms with Crippen molar-refractivity contribution in [1.29, 1.82) is 0 Å². The van der Waals surface area contributed by atoms with Crippen LogP contribution in [0.25, 0.3) is 66.4 Å². The van der Waals surface area contributed by atoms with E-state index in [1.807, 2.05) is 114 Å². The lowest BCUT2D eigenvalue weighted by Gasteiger charge is -2.26. The Morgan fingerprint density at radius 1 is 0.321 bits per heavy atom. The lowest BCUT2D eigenvalue weighted by atomic mass is 9.93. The van der Waals surface area contributed by atoms with Crippen molar-refractivity contribution in [2.75, 3.05) is 4.90 Å². The average Bonchev–Trinajstić information content (AvgIpc) is 3.28. The Kier molecular flexibility index (Phi) is 7.50. The molecular weight excluding hydrogens is 639 g/mol. The van der Waals surface area contributed by atoms with E-state index in [2.05, 4.69) is 91.0 Å². The highest BCUT2D eigenvalue weighted by Crippen LogP contribution is 2.40. The van der Waals surface area contributed by atoms with Gasteiger partial charge in [-0.05, 0) is 121 Å². The van der Waals surface area contributed by atoms with Gasteiger partial charge in [0, 0.05) is 17.1 Å². The molecule has 0 bridgehead atoms. The van der Waals surface area contributed by atoms with Crippen molar-refractivity contribution in [3.8, 4) is 55.6 Å². The lowest BCUT2D eigenvalue weighted by molar-refractivity contribution is 1.28. The van der Waals surface area contributed by atoms with Crippen molar-refractivity contribution >= 4 is 27.8 Å². The number of nitrogens with zero attached hydrogens (tertiary/aromatic N) is 1. The second-order valence-corrected chi connectivity index (χ2v) is 13.1. The fourth-order valence-electron chi connectivity index (χ4n) is 7.06. The third-order valence-corrected chi connectivity index (χ3v) is 9.73. The summed E-state index contributed by atoms with van der Waals surface area (Å²) in [5.74, 6) is 0. The zero-order chi connectivity index (χ0) is 38.9. The molecule has 0 atom stereocenters. The van der Waals surface area contributed by atoms with Gasteiger partial charge >= 0.3 is 0 Å². The van der Waals surface area contributed by atoms with Gasteiger partial charge in [-0.25, -0.2) is 0 Å². The predicted molar refractivity (Wildman–Crippen MR) is 226 cm³/mol. The summed E-state index contributed by atoms with van der Waals surface area (Å²) < 4.78 is 37.3. The molecule has 9 rings (SSSR count). The molecule has 53 heavy (non-hydrogen) atoms. The number of hydrogen-bond acceptors (Lipinski definition) is 1. The van der Waals surface area contributed by atoms with E-state index in [1.54, 1.807) is 0 Å². The van der Waals surface area contributed by atoms with Crippen LogP contribution in [0.15, 0.2) is 224 Å². The topological polar surface area (TPSA) is 3.24 Å². The molecule has 0 aliphatic rings. The maximum Gasteiger partial charge on any atom is 0.0651 e. The summed E-state index contributed by atoms with van der Waals surface area (Å²) in [5, 5.41) is 1.87. The van der Waals surface area contributed by atoms with Crippen LogP contribution in [-0.4, -0.2) is 0 Å². The molecule has 0 heterocycles. The van der Waals surface area contributed by atoms with Crippen molar-refractivity contribution in [3.63, 3.8) is 0 Å². The van der Waals surface area contributed by atoms with Gasteiger partial charge in [-0.1, -0.05) is 170 Å². The zero-order valence-electron chi connectivity index (χ0n) is 33.0. The van der Waals surface area contributed by atoms with Crippen LogP contribution in [0.3, 0.4) is 0 Å². The molecule has 0 aromatic heterocycles. The van der Waals surface area contributed by atoms with Crippen LogP contribution in [0, 0.1) is 0 Å². The summed E-state index contributed by atoms with van der Waals surface area (Å²) >= 11 is 0. The third-order valence-electron chi connectivity index (χ3n) is 9.73. The summed E-state index contributed by atoms with van der Waals surface area (Å²) in [6.45, 7) is 0. The van der Waals surface area contributed by atoms with Gasteiger partial charge in [0.1, 0.15) is 0 Å². The number of fused-ring (bicyclic) bond motifs is 1. The van der Waals surface area contributed by atoms with E-state index in [9.17, 15) is 2.74 Å². The van der Waals surface area contributed by atoms with Crippen molar-refractivity contribution < 1.29 is 5.48 Å². The van der Waals surface area contributed by atoms with Crippen molar-refractivity contribution in [3.05, 3.63) is 224 Å². The SMILES string of the molecule is [2H]c1c([2H])c(-c2cccc3ccccc23)c([2H])c(N(c2ccc(-c3ccccc3)cc2)c2ccc(-c3cc(-c4ccccc4)cc(-c4ccccc4)c3)cc2)c1[2H]. The van der Waals surface area contributed by atoms with Crippen LogP contribution in [0.2, 0.25) is 0 Å². The first-order chi connectivity index (χ1) is 27.9. The number of rotatable bonds is 8. The summed E-state index contributed by atoms with van der Waals surface area (Å²) in [7, 11) is 0. The summed E-state index contributed by atoms with van der Waals surface area (Å²) in [6, 6.07) is 67.2. The minimum absolute atomic E-state index is 0.0247. The van der Waals surface area contributed by atoms with Gasteiger partial charge in [-0.3, -0.25) is 0 Å². The van der Waals surface area contributed by atoms with Crippen LogP contribution in [0.4, 0.5) is 17.1 Å². The second kappa shape index (κ2) is 14.3. The molecule has 0 saturated heterocycles. The molecule has 1 heteroatoms. The smallest absolute Gasteiger partial charge is 0.0651 e. The molecule has 0 amide bonds. The second-order valence-electron chi connectivity index (χ2n) is 13.1. The first kappa shape index (κ1) is 27.7. The Morgan fingerprint density at radius 3 is 1.30 bits per heavy atom. The van der Waals surface area contributed by atoms with Gasteiger partial charge < -0.3 is 4.90 Å². The number of anilines is 3. The van der Waals surface area contributed by atoms with Gasteiger partial charge in [0.25, 0.3) is 0 Å². The average molecular weight is 680 g/mol. The first-order valence-electron chi connectivity index (χ1n) is 19.8. The maximum atomic E-state index is 9.77. The highest BCUT2D eigenvalue weighted by atomic mass is 15.1. The van der Waals surface area contributed by atoms with E-state index in [0.29, 0.717) is 11.1 Å². The standard InChI is InChI=1S/C52H37N/c1-4-14-38(15-5-1)41-26-30-48(31-27-41)53(50-23-12-22-44(37-50)52-25-13-21-43-20-10-11-24-51(43)52)49-32-28-42(29-33-49)47-35-45(39-16-6-2-7-17-39)34-46(36-47)40-18-8-3-9-19-40/h1-37H/i12D,22D,23D,37D. The normalized spacial score (nSPS) is 12.1. The van der Waals surface area contributed by atoms with Gasteiger partial charge in [-0.15, -0.1) is 0 Å². The first-order valence-corrected chi connectivity index (χ1v) is 17.8. The molecule has 0 unspecified atom stereocenters. The van der Waals surface area contributed by atoms with Gasteiger partial charge in [0.15, 0.2) is 0 Å². The number of hydrogen-bond donors (Lipinski definition) is 0. The fourth-order valence-corrected chi connectivity index (χ4v) is 7.06. The molecule has 0 fully saturated rings. The highest BCUT2D eigenvalue weighted by Gasteiger charge is 2.16. The molecule has 1 nitrogen and oxygen atoms in total. The van der Waals surface area contributed by atoms with Crippen LogP contribution in [-0.2, 0) is 0 Å². The molecule has 250 valence electrons. The Labute approximate surface area is 317 Å². The molecule has 9 aromatic carbocycles. The number of benzene rings is 9. The molecular formula is C52H37N. The monoisotopic (exact) mass is 679 g/mol. The van der Waals surface area contributed by atoms with E-state index >= 15 is 0 Å². The Hall–Kier alpha value is -6.96. The van der Waals surface area contributed by atoms with E-state index in [0.717, 1.165) is 66.7 Å². The van der Waals surface area contributed by atoms with E-state index < -0.39 is 0 Å². The molecule has 0 radical (unpaired) electrons. The van der Waals surface area contributed by atoms with Gasteiger partial charge in [0.05, 0.1) is 5.48 Å². The molecule has 9 aromatic rings. The van der Waals surface area contributed by atoms with Crippen molar-refractivity contribution in [1.82, 2.24) is 0 Å². The van der Waals surface area contributed by atoms with Crippen LogP contribution in [0.1, 0.15) is 5.48 Å². The third kappa shape index (κ3) is 6.65. The van der Waals surface area contributed by atoms with Crippen LogP contribution in [0.5, 0.6) is 0 Å². The van der Waals surface area contributed by atoms with Crippen LogP contribution >= 0.6 is 0 Å². The van der Waals surface area contributed by atoms with Crippen LogP contribution < -0.4 is 4.90 Å². The molecule has 0 saturated carbocycles. The molecule has 0 spiro atoms. The summed E-state index contributed by atoms with van der Waals surface area (Å²) in [5.41, 5.74) is 11.5. The van der Waals surface area contributed by atoms with E-state index in [1.165, 1.54) is 0 Å². The fraction of sp³-hybridized carbons (Fsp3) is 0. The largest absolute Gasteiger partial charge is 0.310 e. The van der Waals surface area contributed by atoms with Gasteiger partial charge in [0.2, 0.25) is 0 Å². The summed E-state index contributed by atoms with van der Waals surface area (Å²) in [6.07, 6.45) is 0. The van der Waals surface area contributed by atoms with Crippen molar-refractivity contribution in [2.45, 2.75) is 0 Å². The minimum atomic E-state index is -0.224. The maximum absolute atomic E-state index is 9.77. The minimum Gasteiger partial charge on any atom is -0.310 e. The quantitative estimate of drug-likeness (QED) is 0.154. The molecule has 0 aliphatic carbocycles. The highest BCUT2D eigenvalue weighted by molar-refractivity contribution is 5.97. The van der Waals surface area contributed by atoms with E-state index in [-0.39, 0.29) is 29.9 Å². The Bertz CT molecular complexity index is 2790. The van der Waals surface area contributed by atoms with E-state index in [4.69, 9.17) is 2.74 Å². The Morgan fingerprint density at radius 2 is 0.755 bits per heavy atom. The zero-order valence-corrected chi connectivity index (χ0v) is 29.0. The lowest BCUT2D eigenvalue weighted by Crippen LogP contribution is -2.10. The summed E-state index contributed by atoms with van der Waals surface area (Å²) in [4.78, 5) is 1.89. The molecule has 0 aliphatic heterocycles. The Balaban J connectivity index is 1.21. The molecule has 0 N–H and O–H groups in total.